The molecule has 106 valence electrons. The lowest BCUT2D eigenvalue weighted by Gasteiger charge is -2.25. The molecule has 5 nitrogen and oxygen atoms in total. The molecule has 3 rings (SSSR count). The lowest BCUT2D eigenvalue weighted by Crippen LogP contribution is -2.88. The highest BCUT2D eigenvalue weighted by molar-refractivity contribution is 8.00. The average molecular weight is 291 g/mol. The summed E-state index contributed by atoms with van der Waals surface area (Å²) in [4.78, 5) is 3.14. The van der Waals surface area contributed by atoms with E-state index in [-0.39, 0.29) is 5.92 Å². The lowest BCUT2D eigenvalue weighted by molar-refractivity contribution is -0.584. The van der Waals surface area contributed by atoms with Gasteiger partial charge in [0.05, 0.1) is 18.7 Å². The van der Waals surface area contributed by atoms with E-state index in [1.54, 1.807) is 11.8 Å². The molecule has 2 fully saturated rings. The Bertz CT molecular complexity index is 553. The van der Waals surface area contributed by atoms with Gasteiger partial charge in [-0.15, -0.1) is 0 Å². The molecular formula is C14H19N4OS+. The molecular weight excluding hydrogens is 272 g/mol. The Kier molecular flexibility index (Phi) is 2.83. The molecule has 0 amide bonds. The first kappa shape index (κ1) is 13.7. The molecule has 20 heavy (non-hydrogen) atoms. The molecule has 0 aromatic heterocycles. The average Bonchev–Trinajstić information content (AvgIpc) is 2.72. The summed E-state index contributed by atoms with van der Waals surface area (Å²) in [6, 6.07) is 4.80. The van der Waals surface area contributed by atoms with E-state index in [0.717, 1.165) is 18.6 Å². The Labute approximate surface area is 123 Å². The third kappa shape index (κ3) is 1.13. The third-order valence-electron chi connectivity index (χ3n) is 5.28. The van der Waals surface area contributed by atoms with Crippen molar-refractivity contribution in [3.8, 4) is 12.1 Å². The molecule has 1 spiro atoms. The van der Waals surface area contributed by atoms with Crippen LogP contribution in [-0.2, 0) is 4.74 Å². The molecule has 6 heteroatoms. The minimum Gasteiger partial charge on any atom is -0.327 e. The molecule has 4 atom stereocenters. The normalized spacial score (nSPS) is 45.0. The number of hydrogen-bond donors (Lipinski definition) is 2. The van der Waals surface area contributed by atoms with E-state index in [1.807, 2.05) is 0 Å². The second kappa shape index (κ2) is 4.13. The molecule has 1 saturated carbocycles. The van der Waals surface area contributed by atoms with Crippen LogP contribution in [-0.4, -0.2) is 23.3 Å². The lowest BCUT2D eigenvalue weighted by atomic mass is 9.89. The van der Waals surface area contributed by atoms with Gasteiger partial charge in [-0.3, -0.25) is 5.73 Å². The van der Waals surface area contributed by atoms with E-state index in [2.05, 4.69) is 31.0 Å². The number of fused-ring (bicyclic) bond motifs is 2. The first-order valence-electron chi connectivity index (χ1n) is 7.11. The van der Waals surface area contributed by atoms with Crippen LogP contribution in [0, 0.1) is 45.3 Å². The predicted molar refractivity (Wildman–Crippen MR) is 75.0 cm³/mol. The summed E-state index contributed by atoms with van der Waals surface area (Å²) in [6.07, 6.45) is 1.89. The fraction of sp³-hybridized carbons (Fsp3) is 0.786. The number of nitrogens with one attached hydrogen (secondary N) is 1. The summed E-state index contributed by atoms with van der Waals surface area (Å²) in [7, 11) is 0. The largest absolute Gasteiger partial charge is 0.327 e. The van der Waals surface area contributed by atoms with Crippen LogP contribution in [0.25, 0.3) is 0 Å². The van der Waals surface area contributed by atoms with Crippen molar-refractivity contribution >= 4 is 17.6 Å². The Balaban J connectivity index is 2.16. The van der Waals surface area contributed by atoms with Crippen molar-refractivity contribution in [1.82, 2.24) is 0 Å². The maximum atomic E-state index is 9.91. The van der Waals surface area contributed by atoms with Crippen molar-refractivity contribution in [1.29, 1.82) is 10.5 Å². The number of ether oxygens (including phenoxy) is 1. The molecule has 0 radical (unpaired) electrons. The van der Waals surface area contributed by atoms with Crippen LogP contribution in [0.2, 0.25) is 0 Å². The van der Waals surface area contributed by atoms with Gasteiger partial charge in [-0.05, 0) is 5.92 Å². The topological polar surface area (TPSA) is 96.8 Å². The van der Waals surface area contributed by atoms with Crippen molar-refractivity contribution in [2.24, 2.45) is 28.4 Å². The molecule has 0 aromatic rings. The van der Waals surface area contributed by atoms with Crippen LogP contribution in [0.15, 0.2) is 0 Å². The number of amidine groups is 1. The molecule has 1 aliphatic carbocycles. The summed E-state index contributed by atoms with van der Waals surface area (Å²) in [5.41, 5.74) is 4.41. The van der Waals surface area contributed by atoms with E-state index >= 15 is 0 Å². The van der Waals surface area contributed by atoms with Gasteiger partial charge in [0.2, 0.25) is 0 Å². The van der Waals surface area contributed by atoms with E-state index in [4.69, 9.17) is 10.5 Å². The van der Waals surface area contributed by atoms with Gasteiger partial charge in [-0.25, -0.2) is 4.99 Å². The number of hydrogen-bond acceptors (Lipinski definition) is 5. The number of rotatable bonds is 3. The molecule has 0 unspecified atom stereocenters. The number of nitrogens with zero attached hydrogens (tertiary/aromatic N) is 2. The zero-order valence-corrected chi connectivity index (χ0v) is 12.6. The SMILES string of the molecule is CCC(CC)[C@H]1[C@@]2(C#N)[C@@]3([NH+]=C(N)[C@@]12C#N)OCCS3. The van der Waals surface area contributed by atoms with Crippen LogP contribution < -0.4 is 10.7 Å². The summed E-state index contributed by atoms with van der Waals surface area (Å²) >= 11 is 1.58. The third-order valence-corrected chi connectivity index (χ3v) is 6.60. The Morgan fingerprint density at radius 3 is 2.60 bits per heavy atom. The highest BCUT2D eigenvalue weighted by Gasteiger charge is 2.96. The molecule has 1 saturated heterocycles. The van der Waals surface area contributed by atoms with Gasteiger partial charge in [-0.2, -0.15) is 10.5 Å². The van der Waals surface area contributed by atoms with E-state index in [0.29, 0.717) is 18.4 Å². The number of nitriles is 2. The van der Waals surface area contributed by atoms with Crippen LogP contribution >= 0.6 is 11.8 Å². The first-order valence-corrected chi connectivity index (χ1v) is 8.10. The van der Waals surface area contributed by atoms with E-state index in [1.165, 1.54) is 0 Å². The predicted octanol–water partition coefficient (Wildman–Crippen LogP) is -0.0590. The summed E-state index contributed by atoms with van der Waals surface area (Å²) in [5, 5.41) is 18.9. The van der Waals surface area contributed by atoms with Gasteiger partial charge >= 0.3 is 0 Å². The van der Waals surface area contributed by atoms with Gasteiger partial charge in [0.25, 0.3) is 10.9 Å². The monoisotopic (exact) mass is 291 g/mol. The Morgan fingerprint density at radius 1 is 1.45 bits per heavy atom. The van der Waals surface area contributed by atoms with Gasteiger partial charge < -0.3 is 4.74 Å². The smallest absolute Gasteiger partial charge is 0.277 e. The minimum absolute atomic E-state index is 0.0353. The van der Waals surface area contributed by atoms with Gasteiger partial charge in [0.1, 0.15) is 0 Å². The van der Waals surface area contributed by atoms with Crippen LogP contribution in [0.4, 0.5) is 0 Å². The van der Waals surface area contributed by atoms with Crippen LogP contribution in [0.1, 0.15) is 26.7 Å². The number of thioether (sulfide) groups is 1. The maximum absolute atomic E-state index is 9.91. The van der Waals surface area contributed by atoms with Crippen molar-refractivity contribution in [3.63, 3.8) is 0 Å². The summed E-state index contributed by atoms with van der Waals surface area (Å²) < 4.78 is 5.89. The summed E-state index contributed by atoms with van der Waals surface area (Å²) in [5.74, 6) is 1.53. The van der Waals surface area contributed by atoms with Gasteiger partial charge in [0.15, 0.2) is 10.8 Å². The van der Waals surface area contributed by atoms with Gasteiger partial charge in [-0.1, -0.05) is 38.5 Å². The quantitative estimate of drug-likeness (QED) is 0.759. The highest BCUT2D eigenvalue weighted by Crippen LogP contribution is 2.79. The molecule has 3 aliphatic rings. The molecule has 2 aliphatic heterocycles. The summed E-state index contributed by atoms with van der Waals surface area (Å²) in [6.45, 7) is 4.81. The standard InChI is InChI=1S/C14H18N4OS/c1-3-9(4-2)10-12(7-15)11(17)18-14(13(10,12)8-16)19-5-6-20-14/h9-10H,3-6H2,1-2H3,(H2,17,18)/p+1/t10-,12-,13-,14-/m1/s1. The van der Waals surface area contributed by atoms with Crippen molar-refractivity contribution in [2.75, 3.05) is 12.4 Å². The van der Waals surface area contributed by atoms with Crippen molar-refractivity contribution in [3.05, 3.63) is 0 Å². The zero-order valence-electron chi connectivity index (χ0n) is 11.8. The zero-order chi connectivity index (χ0) is 14.6. The fourth-order valence-electron chi connectivity index (χ4n) is 4.35. The van der Waals surface area contributed by atoms with Crippen LogP contribution in [0.5, 0.6) is 0 Å². The fourth-order valence-corrected chi connectivity index (χ4v) is 5.72. The molecule has 3 N–H and O–H groups in total. The van der Waals surface area contributed by atoms with Crippen molar-refractivity contribution in [2.45, 2.75) is 31.7 Å². The van der Waals surface area contributed by atoms with E-state index in [9.17, 15) is 10.5 Å². The number of nitrogens with two attached hydrogens (primary N) is 1. The van der Waals surface area contributed by atoms with Gasteiger partial charge in [0, 0.05) is 11.7 Å². The van der Waals surface area contributed by atoms with Crippen molar-refractivity contribution < 1.29 is 9.73 Å². The molecule has 0 aromatic carbocycles. The van der Waals surface area contributed by atoms with E-state index < -0.39 is 15.9 Å². The van der Waals surface area contributed by atoms with Crippen LogP contribution in [0.3, 0.4) is 0 Å². The minimum atomic E-state index is -0.893. The Hall–Kier alpha value is -1.24. The second-order valence-electron chi connectivity index (χ2n) is 5.75. The molecule has 0 bridgehead atoms. The molecule has 2 heterocycles. The maximum Gasteiger partial charge on any atom is 0.277 e. The highest BCUT2D eigenvalue weighted by atomic mass is 32.2. The first-order chi connectivity index (χ1) is 9.60. The Morgan fingerprint density at radius 2 is 2.15 bits per heavy atom. The second-order valence-corrected chi connectivity index (χ2v) is 7.02.